The van der Waals surface area contributed by atoms with Crippen molar-refractivity contribution in [1.29, 1.82) is 0 Å². The average Bonchev–Trinajstić information content (AvgIpc) is 2.96. The quantitative estimate of drug-likeness (QED) is 0.178. The zero-order chi connectivity index (χ0) is 31.2. The smallest absolute Gasteiger partial charge is 0.340 e. The first-order chi connectivity index (χ1) is 19.5. The van der Waals surface area contributed by atoms with Crippen LogP contribution in [0.5, 0.6) is 0 Å². The molecule has 0 saturated carbocycles. The fourth-order valence-corrected chi connectivity index (χ4v) is 3.21. The van der Waals surface area contributed by atoms with Crippen molar-refractivity contribution in [1.82, 2.24) is 15.3 Å². The van der Waals surface area contributed by atoms with Crippen LogP contribution in [0.1, 0.15) is 85.9 Å². The predicted octanol–water partition coefficient (Wildman–Crippen LogP) is 4.06. The molecule has 0 spiro atoms. The zero-order valence-electron chi connectivity index (χ0n) is 23.9. The second-order valence-corrected chi connectivity index (χ2v) is 8.66. The number of carbonyl (C=O) groups is 4. The Morgan fingerprint density at radius 2 is 1.34 bits per heavy atom. The van der Waals surface area contributed by atoms with Gasteiger partial charge in [-0.25, -0.2) is 19.6 Å². The zero-order valence-corrected chi connectivity index (χ0v) is 23.9. The second kappa shape index (κ2) is 21.8. The van der Waals surface area contributed by atoms with Crippen molar-refractivity contribution in [2.45, 2.75) is 77.3 Å². The van der Waals surface area contributed by atoms with Gasteiger partial charge >= 0.3 is 17.9 Å². The minimum Gasteiger partial charge on any atom is -0.478 e. The molecule has 228 valence electrons. The van der Waals surface area contributed by atoms with Crippen LogP contribution in [0.4, 0.5) is 8.78 Å². The van der Waals surface area contributed by atoms with Gasteiger partial charge in [-0.1, -0.05) is 52.4 Å². The number of aromatic nitrogens is 2. The average molecular weight is 583 g/mol. The van der Waals surface area contributed by atoms with Gasteiger partial charge in [-0.3, -0.25) is 9.59 Å². The summed E-state index contributed by atoms with van der Waals surface area (Å²) >= 11 is 0. The van der Waals surface area contributed by atoms with Crippen molar-refractivity contribution in [3.8, 4) is 0 Å². The summed E-state index contributed by atoms with van der Waals surface area (Å²) in [6.07, 6.45) is 9.67. The molecule has 0 fully saturated rings. The molecule has 0 aliphatic rings. The standard InChI is InChI=1S/C14H19FN2O3.C8H17NO2.C6H4FNO2/c1-3-4-5-8-11(14(19)20-2)17-13(18)10-7-6-9-16-12(10)15;1-3-4-5-6-7(9)8(10)11-2;7-5-4(6(9)10)2-1-3-8-5/h6-7,9,11H,3-5,8H2,1-2H3,(H,17,18);7H,3-6,9H2,1-2H3;1-3H,(H,9,10)/t11-;7-;/m00./s1. The first kappa shape index (κ1) is 37.0. The van der Waals surface area contributed by atoms with Gasteiger partial charge in [0.2, 0.25) is 11.9 Å². The predicted molar refractivity (Wildman–Crippen MR) is 147 cm³/mol. The third-order valence-corrected chi connectivity index (χ3v) is 5.50. The summed E-state index contributed by atoms with van der Waals surface area (Å²) in [4.78, 5) is 51.0. The Labute approximate surface area is 238 Å². The molecule has 0 aromatic carbocycles. The van der Waals surface area contributed by atoms with Crippen molar-refractivity contribution >= 4 is 23.8 Å². The highest BCUT2D eigenvalue weighted by Gasteiger charge is 2.23. The molecule has 0 saturated heterocycles. The van der Waals surface area contributed by atoms with Gasteiger partial charge in [-0.05, 0) is 37.1 Å². The van der Waals surface area contributed by atoms with Crippen LogP contribution in [-0.2, 0) is 19.1 Å². The van der Waals surface area contributed by atoms with Gasteiger partial charge in [0.15, 0.2) is 0 Å². The summed E-state index contributed by atoms with van der Waals surface area (Å²) in [5.74, 6) is -4.61. The second-order valence-electron chi connectivity index (χ2n) is 8.66. The number of carboxylic acid groups (broad SMARTS) is 1. The third-order valence-electron chi connectivity index (χ3n) is 5.50. The molecule has 2 aromatic heterocycles. The lowest BCUT2D eigenvalue weighted by Crippen LogP contribution is -2.41. The number of nitrogens with two attached hydrogens (primary N) is 1. The number of methoxy groups -OCH3 is 2. The van der Waals surface area contributed by atoms with Gasteiger partial charge in [0.1, 0.15) is 17.6 Å². The normalized spacial score (nSPS) is 11.4. The molecule has 0 bridgehead atoms. The Morgan fingerprint density at radius 1 is 0.854 bits per heavy atom. The SMILES string of the molecule is CCCCC[C@H](N)C(=O)OC.CCCCC[C@H](NC(=O)c1cccnc1F)C(=O)OC.O=C(O)c1cccnc1F. The Morgan fingerprint density at radius 3 is 1.76 bits per heavy atom. The summed E-state index contributed by atoms with van der Waals surface area (Å²) in [5, 5.41) is 10.8. The number of esters is 2. The number of ether oxygens (including phenoxy) is 2. The number of hydrogen-bond donors (Lipinski definition) is 3. The van der Waals surface area contributed by atoms with E-state index in [4.69, 9.17) is 10.8 Å². The van der Waals surface area contributed by atoms with Crippen molar-refractivity contribution in [2.75, 3.05) is 14.2 Å². The van der Waals surface area contributed by atoms with E-state index in [1.165, 1.54) is 44.8 Å². The summed E-state index contributed by atoms with van der Waals surface area (Å²) < 4.78 is 34.9. The molecule has 13 heteroatoms. The van der Waals surface area contributed by atoms with E-state index in [0.29, 0.717) is 6.42 Å². The Kier molecular flexibility index (Phi) is 19.7. The highest BCUT2D eigenvalue weighted by Crippen LogP contribution is 2.08. The highest BCUT2D eigenvalue weighted by molar-refractivity contribution is 5.96. The van der Waals surface area contributed by atoms with Crippen LogP contribution < -0.4 is 11.1 Å². The van der Waals surface area contributed by atoms with Gasteiger partial charge in [0, 0.05) is 12.4 Å². The van der Waals surface area contributed by atoms with Crippen molar-refractivity contribution in [2.24, 2.45) is 5.73 Å². The van der Waals surface area contributed by atoms with Crippen LogP contribution in [0.3, 0.4) is 0 Å². The monoisotopic (exact) mass is 582 g/mol. The van der Waals surface area contributed by atoms with Crippen LogP contribution in [0.15, 0.2) is 36.7 Å². The molecule has 2 atom stereocenters. The van der Waals surface area contributed by atoms with Crippen LogP contribution in [0.2, 0.25) is 0 Å². The maximum absolute atomic E-state index is 13.4. The largest absolute Gasteiger partial charge is 0.478 e. The first-order valence-corrected chi connectivity index (χ1v) is 13.2. The number of aromatic carboxylic acids is 1. The van der Waals surface area contributed by atoms with E-state index < -0.39 is 47.4 Å². The van der Waals surface area contributed by atoms with Crippen LogP contribution in [-0.4, -0.2) is 65.2 Å². The number of carbonyl (C=O) groups excluding carboxylic acids is 3. The molecular weight excluding hydrogens is 542 g/mol. The van der Waals surface area contributed by atoms with E-state index in [1.54, 1.807) is 0 Å². The summed E-state index contributed by atoms with van der Waals surface area (Å²) in [5.41, 5.74) is 4.91. The minimum absolute atomic E-state index is 0.183. The van der Waals surface area contributed by atoms with Gasteiger partial charge < -0.3 is 25.6 Å². The Balaban J connectivity index is 0.000000643. The Hall–Kier alpha value is -4.00. The lowest BCUT2D eigenvalue weighted by Gasteiger charge is -2.16. The number of carboxylic acids is 1. The summed E-state index contributed by atoms with van der Waals surface area (Å²) in [6, 6.07) is 4.11. The molecular formula is C28H40F2N4O7. The topological polar surface area (TPSA) is 171 Å². The number of pyridine rings is 2. The van der Waals surface area contributed by atoms with Crippen molar-refractivity contribution in [3.05, 3.63) is 59.7 Å². The molecule has 0 aliphatic carbocycles. The van der Waals surface area contributed by atoms with Crippen molar-refractivity contribution in [3.63, 3.8) is 0 Å². The van der Waals surface area contributed by atoms with Gasteiger partial charge in [-0.15, -0.1) is 0 Å². The number of hydrogen-bond acceptors (Lipinski definition) is 9. The number of rotatable bonds is 13. The first-order valence-electron chi connectivity index (χ1n) is 13.2. The van der Waals surface area contributed by atoms with E-state index in [0.717, 1.165) is 51.0 Å². The third kappa shape index (κ3) is 15.4. The number of halogens is 2. The number of nitrogens with one attached hydrogen (secondary N) is 1. The fourth-order valence-electron chi connectivity index (χ4n) is 3.21. The molecule has 4 N–H and O–H groups in total. The van der Waals surface area contributed by atoms with E-state index in [9.17, 15) is 28.0 Å². The van der Waals surface area contributed by atoms with Gasteiger partial charge in [0.25, 0.3) is 5.91 Å². The Bertz CT molecular complexity index is 1090. The van der Waals surface area contributed by atoms with Gasteiger partial charge in [-0.2, -0.15) is 8.78 Å². The molecule has 41 heavy (non-hydrogen) atoms. The number of unbranched alkanes of at least 4 members (excludes halogenated alkanes) is 4. The van der Waals surface area contributed by atoms with Crippen molar-refractivity contribution < 1.29 is 42.5 Å². The van der Waals surface area contributed by atoms with Crippen LogP contribution in [0, 0.1) is 11.9 Å². The van der Waals surface area contributed by atoms with Crippen LogP contribution in [0.25, 0.3) is 0 Å². The maximum Gasteiger partial charge on any atom is 0.340 e. The van der Waals surface area contributed by atoms with Crippen LogP contribution >= 0.6 is 0 Å². The molecule has 2 heterocycles. The molecule has 0 aliphatic heterocycles. The molecule has 2 rings (SSSR count). The fraction of sp³-hybridized carbons (Fsp3) is 0.500. The molecule has 0 radical (unpaired) electrons. The minimum atomic E-state index is -1.30. The lowest BCUT2D eigenvalue weighted by molar-refractivity contribution is -0.143. The van der Waals surface area contributed by atoms with Gasteiger partial charge in [0.05, 0.1) is 19.8 Å². The maximum atomic E-state index is 13.4. The van der Waals surface area contributed by atoms with E-state index in [-0.39, 0.29) is 11.5 Å². The number of nitrogens with zero attached hydrogens (tertiary/aromatic N) is 2. The number of amides is 1. The molecule has 1 amide bonds. The van der Waals surface area contributed by atoms with E-state index in [1.807, 2.05) is 6.92 Å². The highest BCUT2D eigenvalue weighted by atomic mass is 19.1. The lowest BCUT2D eigenvalue weighted by atomic mass is 10.1. The summed E-state index contributed by atoms with van der Waals surface area (Å²) in [7, 11) is 2.62. The summed E-state index contributed by atoms with van der Waals surface area (Å²) in [6.45, 7) is 4.15. The molecule has 11 nitrogen and oxygen atoms in total. The molecule has 2 aromatic rings. The molecule has 0 unspecified atom stereocenters. The van der Waals surface area contributed by atoms with E-state index >= 15 is 0 Å². The van der Waals surface area contributed by atoms with E-state index in [2.05, 4.69) is 31.7 Å².